The molecule has 2 amide bonds. The fraction of sp³-hybridized carbons (Fsp3) is 0.500. The van der Waals surface area contributed by atoms with E-state index in [1.165, 1.54) is 0 Å². The molecule has 0 saturated heterocycles. The van der Waals surface area contributed by atoms with E-state index in [-0.39, 0.29) is 5.91 Å². The summed E-state index contributed by atoms with van der Waals surface area (Å²) in [6.45, 7) is 0.746. The highest BCUT2D eigenvalue weighted by molar-refractivity contribution is 6.43. The smallest absolute Gasteiger partial charge is 0.426 e. The summed E-state index contributed by atoms with van der Waals surface area (Å²) in [5.41, 5.74) is 5.27. The van der Waals surface area contributed by atoms with Gasteiger partial charge < -0.3 is 26.4 Å². The van der Waals surface area contributed by atoms with Gasteiger partial charge in [-0.05, 0) is 37.8 Å². The molecule has 1 aromatic rings. The molecule has 0 aromatic heterocycles. The van der Waals surface area contributed by atoms with Crippen molar-refractivity contribution in [1.29, 1.82) is 0 Å². The molecule has 0 heterocycles. The van der Waals surface area contributed by atoms with Crippen LogP contribution in [0.15, 0.2) is 30.3 Å². The van der Waals surface area contributed by atoms with E-state index in [0.29, 0.717) is 38.8 Å². The van der Waals surface area contributed by atoms with E-state index in [9.17, 15) is 19.6 Å². The zero-order chi connectivity index (χ0) is 17.6. The Balaban J connectivity index is 1.91. The molecule has 130 valence electrons. The van der Waals surface area contributed by atoms with Crippen LogP contribution in [0.25, 0.3) is 0 Å². The van der Waals surface area contributed by atoms with Crippen LogP contribution >= 0.6 is 0 Å². The van der Waals surface area contributed by atoms with Gasteiger partial charge in [0.1, 0.15) is 5.41 Å². The van der Waals surface area contributed by atoms with Crippen molar-refractivity contribution in [2.24, 2.45) is 11.1 Å². The molecule has 1 saturated carbocycles. The van der Waals surface area contributed by atoms with E-state index in [1.54, 1.807) is 0 Å². The van der Waals surface area contributed by atoms with Crippen LogP contribution in [0.5, 0.6) is 0 Å². The van der Waals surface area contributed by atoms with Crippen LogP contribution in [0.3, 0.4) is 0 Å². The van der Waals surface area contributed by atoms with Crippen LogP contribution in [0.1, 0.15) is 31.2 Å². The summed E-state index contributed by atoms with van der Waals surface area (Å²) < 4.78 is 0. The Morgan fingerprint density at radius 3 is 2.42 bits per heavy atom. The summed E-state index contributed by atoms with van der Waals surface area (Å²) in [5, 5.41) is 24.1. The Morgan fingerprint density at radius 2 is 1.88 bits per heavy atom. The van der Waals surface area contributed by atoms with Gasteiger partial charge in [-0.25, -0.2) is 0 Å². The number of benzene rings is 1. The molecule has 1 aliphatic rings. The van der Waals surface area contributed by atoms with Crippen LogP contribution in [-0.2, 0) is 16.1 Å². The van der Waals surface area contributed by atoms with Gasteiger partial charge in [0.05, 0.1) is 5.94 Å². The quantitative estimate of drug-likeness (QED) is 0.302. The van der Waals surface area contributed by atoms with Crippen molar-refractivity contribution < 1.29 is 19.6 Å². The van der Waals surface area contributed by atoms with Crippen molar-refractivity contribution in [1.82, 2.24) is 10.6 Å². The van der Waals surface area contributed by atoms with Crippen molar-refractivity contribution in [3.05, 3.63) is 35.9 Å². The number of carbonyl (C=O) groups is 2. The minimum atomic E-state index is -1.68. The van der Waals surface area contributed by atoms with Crippen molar-refractivity contribution >= 4 is 18.9 Å². The van der Waals surface area contributed by atoms with Crippen LogP contribution in [-0.4, -0.2) is 41.5 Å². The minimum Gasteiger partial charge on any atom is -0.426 e. The topological polar surface area (TPSA) is 125 Å². The Labute approximate surface area is 141 Å². The van der Waals surface area contributed by atoms with Gasteiger partial charge in [0, 0.05) is 6.54 Å². The summed E-state index contributed by atoms with van der Waals surface area (Å²) in [5.74, 6) is -1.60. The number of nitrogens with two attached hydrogens (primary N) is 1. The Hall–Kier alpha value is -1.90. The average molecular weight is 333 g/mol. The molecular formula is C16H24BN3O4. The Morgan fingerprint density at radius 1 is 1.21 bits per heavy atom. The second-order valence-electron chi connectivity index (χ2n) is 6.17. The molecule has 1 aliphatic carbocycles. The predicted octanol–water partition coefficient (Wildman–Crippen LogP) is -0.681. The van der Waals surface area contributed by atoms with Gasteiger partial charge in [-0.1, -0.05) is 30.3 Å². The van der Waals surface area contributed by atoms with Gasteiger partial charge in [0.2, 0.25) is 11.8 Å². The molecule has 0 bridgehead atoms. The summed E-state index contributed by atoms with van der Waals surface area (Å²) >= 11 is 0. The molecule has 6 N–H and O–H groups in total. The molecule has 1 fully saturated rings. The lowest BCUT2D eigenvalue weighted by molar-refractivity contribution is -0.137. The molecule has 0 unspecified atom stereocenters. The third-order valence-electron chi connectivity index (χ3n) is 4.31. The van der Waals surface area contributed by atoms with Crippen LogP contribution < -0.4 is 16.4 Å². The largest absolute Gasteiger partial charge is 0.475 e. The first-order valence-electron chi connectivity index (χ1n) is 8.19. The first-order valence-corrected chi connectivity index (χ1v) is 8.19. The van der Waals surface area contributed by atoms with E-state index in [1.807, 2.05) is 30.3 Å². The molecular weight excluding hydrogens is 309 g/mol. The molecule has 1 aromatic carbocycles. The van der Waals surface area contributed by atoms with Crippen molar-refractivity contribution in [2.75, 3.05) is 6.54 Å². The third kappa shape index (κ3) is 4.56. The fourth-order valence-electron chi connectivity index (χ4n) is 2.57. The average Bonchev–Trinajstić information content (AvgIpc) is 3.39. The van der Waals surface area contributed by atoms with E-state index in [4.69, 9.17) is 5.73 Å². The molecule has 1 atom stereocenters. The third-order valence-corrected chi connectivity index (χ3v) is 4.31. The van der Waals surface area contributed by atoms with Gasteiger partial charge in [-0.2, -0.15) is 0 Å². The van der Waals surface area contributed by atoms with Crippen molar-refractivity contribution in [2.45, 2.75) is 38.2 Å². The summed E-state index contributed by atoms with van der Waals surface area (Å²) in [6.07, 6.45) is 1.83. The van der Waals surface area contributed by atoms with E-state index >= 15 is 0 Å². The second kappa shape index (κ2) is 8.28. The molecule has 24 heavy (non-hydrogen) atoms. The number of hydrogen-bond acceptors (Lipinski definition) is 5. The van der Waals surface area contributed by atoms with Gasteiger partial charge in [-0.3, -0.25) is 9.59 Å². The maximum atomic E-state index is 12.4. The van der Waals surface area contributed by atoms with Gasteiger partial charge >= 0.3 is 7.12 Å². The number of amides is 2. The Bertz CT molecular complexity index is 564. The number of carbonyl (C=O) groups excluding carboxylic acids is 2. The van der Waals surface area contributed by atoms with Gasteiger partial charge in [0.25, 0.3) is 0 Å². The highest BCUT2D eigenvalue weighted by Gasteiger charge is 2.57. The molecule has 0 aliphatic heterocycles. The van der Waals surface area contributed by atoms with Crippen molar-refractivity contribution in [3.8, 4) is 0 Å². The number of nitrogens with one attached hydrogen (secondary N) is 2. The molecule has 8 heteroatoms. The zero-order valence-electron chi connectivity index (χ0n) is 13.6. The van der Waals surface area contributed by atoms with E-state index in [0.717, 1.165) is 5.56 Å². The maximum Gasteiger partial charge on any atom is 0.475 e. The Kier molecular flexibility index (Phi) is 6.36. The van der Waals surface area contributed by atoms with Gasteiger partial charge in [-0.15, -0.1) is 0 Å². The normalized spacial score (nSPS) is 16.1. The van der Waals surface area contributed by atoms with Crippen LogP contribution in [0.4, 0.5) is 0 Å². The van der Waals surface area contributed by atoms with Crippen LogP contribution in [0.2, 0.25) is 0 Å². The zero-order valence-corrected chi connectivity index (χ0v) is 13.6. The summed E-state index contributed by atoms with van der Waals surface area (Å²) in [6, 6.07) is 9.44. The molecule has 0 radical (unpaired) electrons. The molecule has 0 spiro atoms. The number of rotatable bonds is 9. The standard InChI is InChI=1S/C16H24BN3O4/c18-10-4-7-13(17(23)24)20-15(22)16(8-9-16)14(21)19-11-12-5-2-1-3-6-12/h1-3,5-6,13,23-24H,4,7-11,18H2,(H,19,21)(H,20,22)/t13-/m0/s1. The fourth-order valence-corrected chi connectivity index (χ4v) is 2.57. The summed E-state index contributed by atoms with van der Waals surface area (Å²) in [7, 11) is -1.68. The SMILES string of the molecule is NCCC[C@H](NC(=O)C1(C(=O)NCc2ccccc2)CC1)B(O)O. The monoisotopic (exact) mass is 333 g/mol. The minimum absolute atomic E-state index is 0.325. The van der Waals surface area contributed by atoms with Gasteiger partial charge in [0.15, 0.2) is 0 Å². The lowest BCUT2D eigenvalue weighted by Crippen LogP contribution is -2.52. The first kappa shape index (κ1) is 18.4. The predicted molar refractivity (Wildman–Crippen MR) is 90.4 cm³/mol. The molecule has 2 rings (SSSR count). The molecule has 7 nitrogen and oxygen atoms in total. The highest BCUT2D eigenvalue weighted by Crippen LogP contribution is 2.46. The highest BCUT2D eigenvalue weighted by atomic mass is 16.4. The maximum absolute atomic E-state index is 12.4. The van der Waals surface area contributed by atoms with E-state index < -0.39 is 24.4 Å². The van der Waals surface area contributed by atoms with E-state index in [2.05, 4.69) is 10.6 Å². The number of hydrogen-bond donors (Lipinski definition) is 5. The lowest BCUT2D eigenvalue weighted by Gasteiger charge is -2.21. The first-order chi connectivity index (χ1) is 11.5. The lowest BCUT2D eigenvalue weighted by atomic mass is 9.76. The summed E-state index contributed by atoms with van der Waals surface area (Å²) in [4.78, 5) is 24.8. The van der Waals surface area contributed by atoms with Crippen LogP contribution in [0, 0.1) is 5.41 Å². The van der Waals surface area contributed by atoms with Crippen molar-refractivity contribution in [3.63, 3.8) is 0 Å². The second-order valence-corrected chi connectivity index (χ2v) is 6.17.